The zero-order chi connectivity index (χ0) is 23.3. The van der Waals surface area contributed by atoms with Gasteiger partial charge in [0.1, 0.15) is 0 Å². The molecule has 2 aliphatic rings. The van der Waals surface area contributed by atoms with Crippen molar-refractivity contribution in [2.24, 2.45) is 0 Å². The van der Waals surface area contributed by atoms with Crippen molar-refractivity contribution in [3.05, 3.63) is 0 Å². The molecule has 2 fully saturated rings. The Morgan fingerprint density at radius 1 is 0.531 bits per heavy atom. The third-order valence-electron chi connectivity index (χ3n) is 9.07. The fraction of sp³-hybridized carbons (Fsp3) is 1.00. The molecule has 190 valence electrons. The Morgan fingerprint density at radius 2 is 0.906 bits per heavy atom. The van der Waals surface area contributed by atoms with E-state index < -0.39 is 0 Å². The summed E-state index contributed by atoms with van der Waals surface area (Å²) < 4.78 is 0. The van der Waals surface area contributed by atoms with Crippen LogP contribution in [0, 0.1) is 0 Å². The predicted octanol–water partition coefficient (Wildman–Crippen LogP) is 11.7. The number of hydrogen-bond donors (Lipinski definition) is 0. The van der Waals surface area contributed by atoms with E-state index >= 15 is 0 Å². The van der Waals surface area contributed by atoms with Gasteiger partial charge in [0.2, 0.25) is 0 Å². The zero-order valence-corrected chi connectivity index (χ0v) is 24.8. The minimum absolute atomic E-state index is 0.233. The molecule has 32 heavy (non-hydrogen) atoms. The SMILES string of the molecule is CCCCCC(P1CCCC1(CCCC)CCCC)P1CCCC1(CCCC)CCCC. The summed E-state index contributed by atoms with van der Waals surface area (Å²) in [6.45, 7) is 12.2. The van der Waals surface area contributed by atoms with Crippen LogP contribution in [0.1, 0.15) is 163 Å². The second-order valence-corrected chi connectivity index (χ2v) is 17.8. The normalized spacial score (nSPS) is 25.4. The summed E-state index contributed by atoms with van der Waals surface area (Å²) in [5.74, 6) is 0. The van der Waals surface area contributed by atoms with Gasteiger partial charge in [-0.3, -0.25) is 0 Å². The van der Waals surface area contributed by atoms with Gasteiger partial charge in [0.05, 0.1) is 0 Å². The average Bonchev–Trinajstić information content (AvgIpc) is 3.42. The third-order valence-corrected chi connectivity index (χ3v) is 18.1. The Kier molecular flexibility index (Phi) is 14.3. The van der Waals surface area contributed by atoms with Gasteiger partial charge in [-0.1, -0.05) is 121 Å². The first-order valence-corrected chi connectivity index (χ1v) is 18.4. The lowest BCUT2D eigenvalue weighted by atomic mass is 9.91. The van der Waals surface area contributed by atoms with Crippen LogP contribution in [0.4, 0.5) is 0 Å². The van der Waals surface area contributed by atoms with Gasteiger partial charge in [-0.15, -0.1) is 0 Å². The lowest BCUT2D eigenvalue weighted by Crippen LogP contribution is -2.32. The molecule has 2 saturated heterocycles. The van der Waals surface area contributed by atoms with Crippen LogP contribution in [-0.2, 0) is 0 Å². The smallest absolute Gasteiger partial charge is 0.000412 e. The predicted molar refractivity (Wildman–Crippen MR) is 154 cm³/mol. The molecule has 2 aliphatic heterocycles. The second kappa shape index (κ2) is 15.8. The summed E-state index contributed by atoms with van der Waals surface area (Å²) in [5, 5.41) is 2.73. The highest BCUT2D eigenvalue weighted by atomic mass is 31.2. The number of rotatable bonds is 18. The largest absolute Gasteiger partial charge is 0.0927 e. The van der Waals surface area contributed by atoms with E-state index in [1.165, 1.54) is 76.0 Å². The molecule has 2 unspecified atom stereocenters. The molecule has 0 nitrogen and oxygen atoms in total. The molecule has 2 rings (SSSR count). The van der Waals surface area contributed by atoms with E-state index in [0.29, 0.717) is 0 Å². The number of unbranched alkanes of at least 4 members (excludes halogenated alkanes) is 6. The molecule has 2 atom stereocenters. The molecule has 0 aromatic carbocycles. The lowest BCUT2D eigenvalue weighted by molar-refractivity contribution is 0.438. The van der Waals surface area contributed by atoms with Gasteiger partial charge in [-0.05, 0) is 80.4 Å². The highest BCUT2D eigenvalue weighted by Gasteiger charge is 2.52. The van der Waals surface area contributed by atoms with E-state index in [1.54, 1.807) is 70.1 Å². The molecule has 0 aliphatic carbocycles. The zero-order valence-electron chi connectivity index (χ0n) is 23.0. The molecule has 0 N–H and O–H groups in total. The van der Waals surface area contributed by atoms with Crippen molar-refractivity contribution in [1.82, 2.24) is 0 Å². The Balaban J connectivity index is 2.36. The van der Waals surface area contributed by atoms with E-state index in [9.17, 15) is 0 Å². The van der Waals surface area contributed by atoms with Gasteiger partial charge in [-0.2, -0.15) is 0 Å². The molecule has 0 aromatic heterocycles. The topological polar surface area (TPSA) is 0 Å². The quantitative estimate of drug-likeness (QED) is 0.135. The maximum absolute atomic E-state index is 2.44. The van der Waals surface area contributed by atoms with E-state index in [4.69, 9.17) is 0 Å². The van der Waals surface area contributed by atoms with Crippen LogP contribution in [0.2, 0.25) is 0 Å². The van der Waals surface area contributed by atoms with Crippen LogP contribution < -0.4 is 0 Å². The lowest BCUT2D eigenvalue weighted by Gasteiger charge is -2.49. The standard InChI is InChI=1S/C30H60P2/c1-6-11-16-19-28(31-26-17-24-29(31,20-12-7-2)21-13-8-3)32-27-18-25-30(32,22-14-9-4)23-15-10-5/h28H,6-27H2,1-5H3. The summed E-state index contributed by atoms with van der Waals surface area (Å²) in [4.78, 5) is 0. The summed E-state index contributed by atoms with van der Waals surface area (Å²) in [6.07, 6.45) is 33.6. The Bertz CT molecular complexity index is 419. The van der Waals surface area contributed by atoms with Crippen molar-refractivity contribution in [2.75, 3.05) is 12.3 Å². The maximum Gasteiger partial charge on any atom is 0.000412 e. The fourth-order valence-electron chi connectivity index (χ4n) is 7.25. The highest BCUT2D eigenvalue weighted by molar-refractivity contribution is 7.77. The minimum atomic E-state index is 0.233. The Labute approximate surface area is 206 Å². The maximum atomic E-state index is 2.44. The summed E-state index contributed by atoms with van der Waals surface area (Å²) in [7, 11) is 0.467. The minimum Gasteiger partial charge on any atom is -0.0927 e. The first kappa shape index (κ1) is 29.1. The molecule has 0 amide bonds. The molecule has 0 aromatic rings. The Hall–Kier alpha value is 0.860. The summed E-state index contributed by atoms with van der Waals surface area (Å²) in [5.41, 5.74) is 0. The van der Waals surface area contributed by atoms with Crippen LogP contribution in [0.3, 0.4) is 0 Å². The summed E-state index contributed by atoms with van der Waals surface area (Å²) in [6, 6.07) is 0. The first-order valence-electron chi connectivity index (χ1n) is 15.2. The van der Waals surface area contributed by atoms with Crippen molar-refractivity contribution in [2.45, 2.75) is 179 Å². The molecule has 2 heterocycles. The van der Waals surface area contributed by atoms with Crippen LogP contribution in [0.5, 0.6) is 0 Å². The third kappa shape index (κ3) is 7.68. The summed E-state index contributed by atoms with van der Waals surface area (Å²) >= 11 is 0. The van der Waals surface area contributed by atoms with Gasteiger partial charge in [-0.25, -0.2) is 0 Å². The van der Waals surface area contributed by atoms with Crippen molar-refractivity contribution in [1.29, 1.82) is 0 Å². The average molecular weight is 483 g/mol. The first-order chi connectivity index (χ1) is 15.6. The van der Waals surface area contributed by atoms with Crippen molar-refractivity contribution in [3.8, 4) is 0 Å². The van der Waals surface area contributed by atoms with Crippen LogP contribution >= 0.6 is 15.8 Å². The highest BCUT2D eigenvalue weighted by Crippen LogP contribution is 2.78. The van der Waals surface area contributed by atoms with Crippen molar-refractivity contribution in [3.63, 3.8) is 0 Å². The van der Waals surface area contributed by atoms with Crippen LogP contribution in [0.25, 0.3) is 0 Å². The van der Waals surface area contributed by atoms with E-state index in [2.05, 4.69) is 34.6 Å². The van der Waals surface area contributed by atoms with Crippen molar-refractivity contribution >= 4 is 15.8 Å². The van der Waals surface area contributed by atoms with Gasteiger partial charge in [0.15, 0.2) is 0 Å². The monoisotopic (exact) mass is 482 g/mol. The molecule has 0 radical (unpaired) electrons. The second-order valence-electron chi connectivity index (χ2n) is 11.4. The molecule has 0 spiro atoms. The van der Waals surface area contributed by atoms with Gasteiger partial charge < -0.3 is 0 Å². The van der Waals surface area contributed by atoms with Gasteiger partial charge in [0, 0.05) is 5.40 Å². The van der Waals surface area contributed by atoms with Crippen LogP contribution in [0.15, 0.2) is 0 Å². The van der Waals surface area contributed by atoms with Gasteiger partial charge >= 0.3 is 0 Å². The Morgan fingerprint density at radius 3 is 1.25 bits per heavy atom. The van der Waals surface area contributed by atoms with E-state index in [0.717, 1.165) is 10.3 Å². The fourth-order valence-corrected chi connectivity index (χ4v) is 18.2. The van der Waals surface area contributed by atoms with Crippen LogP contribution in [-0.4, -0.2) is 28.0 Å². The molecule has 0 saturated carbocycles. The molecule has 2 heteroatoms. The molecule has 0 bridgehead atoms. The van der Waals surface area contributed by atoms with Crippen molar-refractivity contribution < 1.29 is 0 Å². The molecular formula is C30H60P2. The number of hydrogen-bond acceptors (Lipinski definition) is 0. The van der Waals surface area contributed by atoms with E-state index in [1.807, 2.05) is 0 Å². The molecular weight excluding hydrogens is 422 g/mol. The van der Waals surface area contributed by atoms with E-state index in [-0.39, 0.29) is 15.8 Å². The van der Waals surface area contributed by atoms with Gasteiger partial charge in [0.25, 0.3) is 0 Å².